The van der Waals surface area contributed by atoms with Crippen molar-refractivity contribution in [2.45, 2.75) is 12.7 Å². The van der Waals surface area contributed by atoms with Crippen LogP contribution in [0.5, 0.6) is 0 Å². The number of fused-ring (bicyclic) bond motifs is 1. The van der Waals surface area contributed by atoms with Crippen molar-refractivity contribution in [3.8, 4) is 46.9 Å². The van der Waals surface area contributed by atoms with Gasteiger partial charge >= 0.3 is 0 Å². The molecule has 17 heteroatoms. The maximum atomic E-state index is 6.99. The maximum absolute atomic E-state index is 6.99. The quantitative estimate of drug-likeness (QED) is 0.116. The van der Waals surface area contributed by atoms with Gasteiger partial charge in [0.1, 0.15) is 126 Å². The third-order valence-electron chi connectivity index (χ3n) is 11.0. The van der Waals surface area contributed by atoms with Gasteiger partial charge in [0, 0.05) is 5.56 Å². The van der Waals surface area contributed by atoms with Crippen molar-refractivity contribution < 1.29 is 0 Å². The smallest absolute Gasteiger partial charge is 0.125 e. The molecule has 0 aliphatic heterocycles. The van der Waals surface area contributed by atoms with E-state index in [0.717, 1.165) is 11.1 Å². The molecule has 0 bridgehead atoms. The number of allylic oxidation sites excluding steroid dienone is 5. The summed E-state index contributed by atoms with van der Waals surface area (Å²) in [4.78, 5) is 0. The number of hydrogen-bond acceptors (Lipinski definition) is 0. The van der Waals surface area contributed by atoms with Gasteiger partial charge in [-0.1, -0.05) is 127 Å². The highest BCUT2D eigenvalue weighted by Crippen LogP contribution is 2.35. The Labute approximate surface area is 382 Å². The van der Waals surface area contributed by atoms with E-state index in [-0.39, 0.29) is 144 Å². The highest BCUT2D eigenvalue weighted by atomic mass is 14.3. The van der Waals surface area contributed by atoms with E-state index in [4.69, 9.17) is 146 Å². The summed E-state index contributed by atoms with van der Waals surface area (Å²) in [6, 6.07) is 17.4. The van der Waals surface area contributed by atoms with Gasteiger partial charge in [-0.2, -0.15) is 0 Å². The van der Waals surface area contributed by atoms with Crippen LogP contribution in [0.1, 0.15) is 28.7 Å². The van der Waals surface area contributed by atoms with E-state index in [1.165, 1.54) is 0 Å². The lowest BCUT2D eigenvalue weighted by molar-refractivity contribution is 1.24. The van der Waals surface area contributed by atoms with Gasteiger partial charge < -0.3 is 0 Å². The Morgan fingerprint density at radius 3 is 1.52 bits per heavy atom. The molecule has 0 N–H and O–H groups in total. The Morgan fingerprint density at radius 1 is 0.525 bits per heavy atom. The molecule has 5 aromatic carbocycles. The lowest BCUT2D eigenvalue weighted by atomic mass is 9.57. The molecule has 0 spiro atoms. The van der Waals surface area contributed by atoms with Gasteiger partial charge in [0.15, 0.2) is 0 Å². The molecule has 34 radical (unpaired) electrons. The van der Waals surface area contributed by atoms with E-state index in [2.05, 4.69) is 11.8 Å². The van der Waals surface area contributed by atoms with E-state index in [9.17, 15) is 0 Å². The van der Waals surface area contributed by atoms with Crippen molar-refractivity contribution in [2.75, 3.05) is 0 Å². The number of terminal acetylenes is 2. The van der Waals surface area contributed by atoms with E-state index in [1.807, 2.05) is 54.6 Å². The summed E-state index contributed by atoms with van der Waals surface area (Å²) in [6.45, 7) is 0. The predicted octanol–water partition coefficient (Wildman–Crippen LogP) is -7.27. The molecule has 0 unspecified atom stereocenters. The van der Waals surface area contributed by atoms with Crippen molar-refractivity contribution in [3.05, 3.63) is 115 Å². The van der Waals surface area contributed by atoms with Crippen LogP contribution in [-0.4, -0.2) is 133 Å². The zero-order valence-corrected chi connectivity index (χ0v) is 33.1. The zero-order valence-electron chi connectivity index (χ0n) is 33.1. The van der Waals surface area contributed by atoms with Crippen molar-refractivity contribution in [1.29, 1.82) is 0 Å². The molecule has 0 saturated carbocycles. The third-order valence-corrected chi connectivity index (χ3v) is 11.0. The fourth-order valence-corrected chi connectivity index (χ4v) is 7.70. The summed E-state index contributed by atoms with van der Waals surface area (Å²) in [5.41, 5.74) is 3.06. The maximum Gasteiger partial charge on any atom is 0.125 e. The molecular weight excluding hydrogens is 712 g/mol. The van der Waals surface area contributed by atoms with Crippen LogP contribution < -0.4 is 70.5 Å². The fraction of sp³-hybridized carbons (Fsp3) is 0.0455. The standard InChI is InChI=1S/C44H15B17/c1-3-19-26(36(53)42(59)40(57)28(19)32(49)23(47)15-45)25-21(31(48)33(50)22(46)4-2)14-20(27-30(25)41(58)44(61)43(60)37(27)54)29-38(55)34(51)24(35(52)39(29)56)18-12-10-17(11-13-18)16-8-6-5-7-9-16/h1-2,5-13H,14-15H2/b31-21-,32-23-,33-22-. The summed E-state index contributed by atoms with van der Waals surface area (Å²) in [7, 11) is 113. The van der Waals surface area contributed by atoms with Crippen LogP contribution >= 0.6 is 0 Å². The summed E-state index contributed by atoms with van der Waals surface area (Å²) in [6.07, 6.45) is 11.6. The second-order valence-electron chi connectivity index (χ2n) is 14.3. The molecule has 61 heavy (non-hydrogen) atoms. The first-order chi connectivity index (χ1) is 28.8. The first-order valence-electron chi connectivity index (χ1n) is 18.4. The number of benzene rings is 5. The lowest BCUT2D eigenvalue weighted by Gasteiger charge is -2.33. The molecule has 5 aromatic rings. The lowest BCUT2D eigenvalue weighted by Crippen LogP contribution is -2.66. The van der Waals surface area contributed by atoms with Crippen LogP contribution in [0, 0.1) is 24.7 Å². The predicted molar refractivity (Wildman–Crippen MR) is 275 cm³/mol. The van der Waals surface area contributed by atoms with Gasteiger partial charge in [0.05, 0.1) is 7.85 Å². The molecule has 242 valence electrons. The Hall–Kier alpha value is -4.72. The molecule has 6 rings (SSSR count). The Kier molecular flexibility index (Phi) is 13.5. The van der Waals surface area contributed by atoms with E-state index < -0.39 is 0 Å². The fourth-order valence-electron chi connectivity index (χ4n) is 7.70. The summed E-state index contributed by atoms with van der Waals surface area (Å²) >= 11 is 0. The van der Waals surface area contributed by atoms with Crippen LogP contribution in [0.15, 0.2) is 82.1 Å². The van der Waals surface area contributed by atoms with Gasteiger partial charge in [0.2, 0.25) is 0 Å². The van der Waals surface area contributed by atoms with Crippen LogP contribution in [0.3, 0.4) is 0 Å². The monoisotopic (exact) mass is 730 g/mol. The van der Waals surface area contributed by atoms with Gasteiger partial charge in [-0.3, -0.25) is 0 Å². The topological polar surface area (TPSA) is 0 Å². The second kappa shape index (κ2) is 17.9. The van der Waals surface area contributed by atoms with Gasteiger partial charge in [-0.15, -0.1) is 45.7 Å². The number of hydrogen-bond donors (Lipinski definition) is 0. The molecule has 1 aliphatic carbocycles. The molecule has 0 saturated heterocycles. The van der Waals surface area contributed by atoms with Crippen LogP contribution in [0.2, 0.25) is 6.32 Å². The molecule has 0 nitrogen and oxygen atoms in total. The highest BCUT2D eigenvalue weighted by molar-refractivity contribution is 6.65. The van der Waals surface area contributed by atoms with Crippen molar-refractivity contribution in [2.24, 2.45) is 0 Å². The molecule has 0 amide bonds. The highest BCUT2D eigenvalue weighted by Gasteiger charge is 2.30. The summed E-state index contributed by atoms with van der Waals surface area (Å²) in [5.74, 6) is 4.94. The van der Waals surface area contributed by atoms with Gasteiger partial charge in [-0.25, -0.2) is 0 Å². The molecule has 0 aromatic heterocycles. The van der Waals surface area contributed by atoms with E-state index in [1.54, 1.807) is 0 Å². The molecule has 0 heterocycles. The molecule has 0 fully saturated rings. The first-order valence-corrected chi connectivity index (χ1v) is 18.4. The SMILES string of the molecule is [B]C/C([B])=C(/[B])c1c([B])c([B])c([B])c(C2=c3c([B])c([B])c([B])c([B])c3=C(c3c([B])c([B])c(-c4ccc(-c5ccccc5)cc4)c([B])c3[B])C/C2=C([B])\C([B])=C(\[B])C#C)c1C#C. The van der Waals surface area contributed by atoms with Crippen LogP contribution in [0.4, 0.5) is 0 Å². The number of rotatable bonds is 7. The molecular formula is C44H15B17. The van der Waals surface area contributed by atoms with Gasteiger partial charge in [0.25, 0.3) is 0 Å². The Morgan fingerprint density at radius 2 is 1.00 bits per heavy atom. The second-order valence-corrected chi connectivity index (χ2v) is 14.3. The summed E-state index contributed by atoms with van der Waals surface area (Å²) < 4.78 is 0. The van der Waals surface area contributed by atoms with Crippen molar-refractivity contribution in [3.63, 3.8) is 0 Å². The normalized spacial score (nSPS) is 14.0. The minimum atomic E-state index is -0.211. The average molecular weight is 727 g/mol. The zero-order chi connectivity index (χ0) is 44.9. The largest absolute Gasteiger partial charge is 0.132 e. The van der Waals surface area contributed by atoms with Crippen LogP contribution in [0.25, 0.3) is 38.9 Å². The van der Waals surface area contributed by atoms with E-state index >= 15 is 0 Å². The first kappa shape index (κ1) is 45.8. The average Bonchev–Trinajstić information content (AvgIpc) is 3.27. The minimum Gasteiger partial charge on any atom is -0.132 e. The minimum absolute atomic E-state index is 0.0174. The summed E-state index contributed by atoms with van der Waals surface area (Å²) in [5, 5.41) is 0.310. The molecule has 0 atom stereocenters. The van der Waals surface area contributed by atoms with E-state index in [0.29, 0.717) is 16.7 Å². The van der Waals surface area contributed by atoms with Crippen molar-refractivity contribution in [1.82, 2.24) is 0 Å². The Balaban J connectivity index is 1.87. The van der Waals surface area contributed by atoms with Crippen LogP contribution in [-0.2, 0) is 0 Å². The third kappa shape index (κ3) is 7.65. The molecule has 1 aliphatic rings. The van der Waals surface area contributed by atoms with Crippen molar-refractivity contribution >= 4 is 210 Å². The Bertz CT molecular complexity index is 3010. The van der Waals surface area contributed by atoms with Gasteiger partial charge in [-0.05, 0) is 72.5 Å².